The smallest absolute Gasteiger partial charge is 0.0829 e. The Morgan fingerprint density at radius 2 is 1.07 bits per heavy atom. The average Bonchev–Trinajstić information content (AvgIpc) is 2.70. The second-order valence-electron chi connectivity index (χ2n) is 9.74. The minimum atomic E-state index is -0.542. The van der Waals surface area contributed by atoms with Crippen molar-refractivity contribution in [1.82, 2.24) is 0 Å². The van der Waals surface area contributed by atoms with E-state index < -0.39 is 12.2 Å². The standard InChI is InChI=1S/C26H52O2/c1-3-4-5-6-14-17-20-23(2)25(27)26(28)24-21-18-15-12-10-8-7-9-11-13-16-19-22-24/h23-28H,3-22H2,1-2H3. The molecule has 28 heavy (non-hydrogen) atoms. The molecule has 0 aromatic rings. The highest BCUT2D eigenvalue weighted by molar-refractivity contribution is 4.80. The molecule has 0 aromatic carbocycles. The van der Waals surface area contributed by atoms with Crippen molar-refractivity contribution in [2.24, 2.45) is 11.8 Å². The predicted molar refractivity (Wildman–Crippen MR) is 123 cm³/mol. The van der Waals surface area contributed by atoms with Crippen molar-refractivity contribution in [3.63, 3.8) is 0 Å². The normalized spacial score (nSPS) is 22.3. The fourth-order valence-corrected chi connectivity index (χ4v) is 4.92. The Labute approximate surface area is 176 Å². The van der Waals surface area contributed by atoms with Gasteiger partial charge in [0.05, 0.1) is 12.2 Å². The van der Waals surface area contributed by atoms with Gasteiger partial charge in [-0.25, -0.2) is 0 Å². The van der Waals surface area contributed by atoms with Gasteiger partial charge in [0.15, 0.2) is 0 Å². The maximum Gasteiger partial charge on any atom is 0.0829 e. The molecule has 1 rings (SSSR count). The van der Waals surface area contributed by atoms with Crippen LogP contribution < -0.4 is 0 Å². The summed E-state index contributed by atoms with van der Waals surface area (Å²) in [6.07, 6.45) is 24.7. The molecule has 0 spiro atoms. The summed E-state index contributed by atoms with van der Waals surface area (Å²) in [5.41, 5.74) is 0. The van der Waals surface area contributed by atoms with E-state index in [0.717, 1.165) is 19.3 Å². The number of hydrogen-bond acceptors (Lipinski definition) is 2. The van der Waals surface area contributed by atoms with Crippen molar-refractivity contribution in [3.05, 3.63) is 0 Å². The van der Waals surface area contributed by atoms with Crippen LogP contribution in [0.4, 0.5) is 0 Å². The van der Waals surface area contributed by atoms with Crippen LogP contribution in [0, 0.1) is 11.8 Å². The molecule has 2 heteroatoms. The molecule has 3 atom stereocenters. The van der Waals surface area contributed by atoms with Crippen LogP contribution >= 0.6 is 0 Å². The lowest BCUT2D eigenvalue weighted by Gasteiger charge is -2.31. The summed E-state index contributed by atoms with van der Waals surface area (Å²) in [6.45, 7) is 4.40. The van der Waals surface area contributed by atoms with Crippen LogP contribution in [-0.2, 0) is 0 Å². The van der Waals surface area contributed by atoms with Gasteiger partial charge in [-0.3, -0.25) is 0 Å². The lowest BCUT2D eigenvalue weighted by molar-refractivity contribution is -0.0505. The van der Waals surface area contributed by atoms with Crippen LogP contribution in [0.1, 0.15) is 142 Å². The summed E-state index contributed by atoms with van der Waals surface area (Å²) in [7, 11) is 0. The first-order valence-electron chi connectivity index (χ1n) is 13.0. The van der Waals surface area contributed by atoms with Crippen LogP contribution in [0.2, 0.25) is 0 Å². The molecule has 1 aliphatic rings. The number of rotatable bonds is 10. The van der Waals surface area contributed by atoms with Gasteiger partial charge in [0.1, 0.15) is 0 Å². The molecule has 168 valence electrons. The number of aliphatic hydroxyl groups is 2. The van der Waals surface area contributed by atoms with Crippen molar-refractivity contribution in [2.75, 3.05) is 0 Å². The van der Waals surface area contributed by atoms with Gasteiger partial charge in [0.2, 0.25) is 0 Å². The number of unbranched alkanes of at least 4 members (excludes halogenated alkanes) is 5. The minimum Gasteiger partial charge on any atom is -0.390 e. The van der Waals surface area contributed by atoms with E-state index in [1.165, 1.54) is 109 Å². The summed E-state index contributed by atoms with van der Waals surface area (Å²) >= 11 is 0. The molecule has 3 unspecified atom stereocenters. The minimum absolute atomic E-state index is 0.217. The van der Waals surface area contributed by atoms with Gasteiger partial charge in [-0.1, -0.05) is 123 Å². The fraction of sp³-hybridized carbons (Fsp3) is 1.00. The van der Waals surface area contributed by atoms with Crippen LogP contribution in [0.3, 0.4) is 0 Å². The monoisotopic (exact) mass is 396 g/mol. The van der Waals surface area contributed by atoms with E-state index in [1.54, 1.807) is 0 Å². The van der Waals surface area contributed by atoms with E-state index in [1.807, 2.05) is 0 Å². The number of hydrogen-bond donors (Lipinski definition) is 2. The zero-order valence-corrected chi connectivity index (χ0v) is 19.3. The molecule has 1 saturated carbocycles. The molecule has 0 amide bonds. The summed E-state index contributed by atoms with van der Waals surface area (Å²) in [5.74, 6) is 0.513. The van der Waals surface area contributed by atoms with Crippen LogP contribution in [0.15, 0.2) is 0 Å². The highest BCUT2D eigenvalue weighted by atomic mass is 16.3. The largest absolute Gasteiger partial charge is 0.390 e. The summed E-state index contributed by atoms with van der Waals surface area (Å²) in [5, 5.41) is 21.7. The van der Waals surface area contributed by atoms with Gasteiger partial charge < -0.3 is 10.2 Å². The Morgan fingerprint density at radius 1 is 0.643 bits per heavy atom. The van der Waals surface area contributed by atoms with Gasteiger partial charge in [-0.05, 0) is 31.1 Å². The zero-order valence-electron chi connectivity index (χ0n) is 19.3. The van der Waals surface area contributed by atoms with E-state index in [4.69, 9.17) is 0 Å². The molecule has 1 fully saturated rings. The second kappa shape index (κ2) is 17.8. The van der Waals surface area contributed by atoms with E-state index in [-0.39, 0.29) is 5.92 Å². The molecule has 0 radical (unpaired) electrons. The molecular weight excluding hydrogens is 344 g/mol. The topological polar surface area (TPSA) is 40.5 Å². The fourth-order valence-electron chi connectivity index (χ4n) is 4.92. The van der Waals surface area contributed by atoms with Gasteiger partial charge in [0.25, 0.3) is 0 Å². The first kappa shape index (κ1) is 26.0. The van der Waals surface area contributed by atoms with Crippen molar-refractivity contribution < 1.29 is 10.2 Å². The molecule has 0 heterocycles. The quantitative estimate of drug-likeness (QED) is 0.370. The molecule has 1 aliphatic carbocycles. The highest BCUT2D eigenvalue weighted by Crippen LogP contribution is 2.28. The van der Waals surface area contributed by atoms with Gasteiger partial charge in [-0.15, -0.1) is 0 Å². The first-order valence-corrected chi connectivity index (χ1v) is 13.0. The van der Waals surface area contributed by atoms with E-state index in [2.05, 4.69) is 13.8 Å². The van der Waals surface area contributed by atoms with Crippen molar-refractivity contribution in [1.29, 1.82) is 0 Å². The summed E-state index contributed by atoms with van der Waals surface area (Å²) in [6, 6.07) is 0. The summed E-state index contributed by atoms with van der Waals surface area (Å²) < 4.78 is 0. The van der Waals surface area contributed by atoms with Crippen molar-refractivity contribution in [2.45, 2.75) is 154 Å². The molecule has 0 saturated heterocycles. The van der Waals surface area contributed by atoms with Gasteiger partial charge >= 0.3 is 0 Å². The maximum atomic E-state index is 10.9. The Bertz CT molecular complexity index is 316. The Morgan fingerprint density at radius 3 is 1.57 bits per heavy atom. The Hall–Kier alpha value is -0.0800. The van der Waals surface area contributed by atoms with Gasteiger partial charge in [-0.2, -0.15) is 0 Å². The average molecular weight is 397 g/mol. The first-order chi connectivity index (χ1) is 13.7. The third kappa shape index (κ3) is 12.5. The van der Waals surface area contributed by atoms with Gasteiger partial charge in [0, 0.05) is 0 Å². The molecule has 0 aromatic heterocycles. The van der Waals surface area contributed by atoms with Crippen LogP contribution in [-0.4, -0.2) is 22.4 Å². The Kier molecular flexibility index (Phi) is 16.5. The molecular formula is C26H52O2. The van der Waals surface area contributed by atoms with E-state index >= 15 is 0 Å². The van der Waals surface area contributed by atoms with Crippen LogP contribution in [0.5, 0.6) is 0 Å². The van der Waals surface area contributed by atoms with Crippen molar-refractivity contribution >= 4 is 0 Å². The molecule has 0 aliphatic heterocycles. The second-order valence-corrected chi connectivity index (χ2v) is 9.74. The summed E-state index contributed by atoms with van der Waals surface area (Å²) in [4.78, 5) is 0. The molecule has 2 nitrogen and oxygen atoms in total. The predicted octanol–water partition coefficient (Wildman–Crippen LogP) is 7.80. The number of aliphatic hydroxyl groups excluding tert-OH is 2. The maximum absolute atomic E-state index is 10.9. The van der Waals surface area contributed by atoms with E-state index in [0.29, 0.717) is 5.92 Å². The third-order valence-corrected chi connectivity index (χ3v) is 7.08. The molecule has 2 N–H and O–H groups in total. The van der Waals surface area contributed by atoms with Crippen LogP contribution in [0.25, 0.3) is 0 Å². The SMILES string of the molecule is CCCCCCCCC(C)C(O)C(O)C1CCCCCCCCCCCCC1. The zero-order chi connectivity index (χ0) is 20.5. The lowest BCUT2D eigenvalue weighted by atomic mass is 9.82. The third-order valence-electron chi connectivity index (χ3n) is 7.08. The van der Waals surface area contributed by atoms with E-state index in [9.17, 15) is 10.2 Å². The lowest BCUT2D eigenvalue weighted by Crippen LogP contribution is -2.38. The highest BCUT2D eigenvalue weighted by Gasteiger charge is 2.29. The van der Waals surface area contributed by atoms with Crippen molar-refractivity contribution in [3.8, 4) is 0 Å². The molecule has 0 bridgehead atoms. The Balaban J connectivity index is 2.38.